The molecule has 0 saturated heterocycles. The molecule has 0 fully saturated rings. The quantitative estimate of drug-likeness (QED) is 0.822. The maximum atomic E-state index is 12.1. The molecule has 6 nitrogen and oxygen atoms in total. The van der Waals surface area contributed by atoms with Crippen LogP contribution in [-0.2, 0) is 4.79 Å². The van der Waals surface area contributed by atoms with E-state index in [4.69, 9.17) is 9.47 Å². The van der Waals surface area contributed by atoms with E-state index in [1.165, 1.54) is 6.08 Å². The second-order valence-corrected chi connectivity index (χ2v) is 5.38. The first-order valence-corrected chi connectivity index (χ1v) is 7.92. The fraction of sp³-hybridized carbons (Fsp3) is 0.158. The number of hydrogen-bond acceptors (Lipinski definition) is 4. The second kappa shape index (κ2) is 7.53. The maximum absolute atomic E-state index is 12.1. The highest BCUT2D eigenvalue weighted by atomic mass is 16.7. The Morgan fingerprint density at radius 3 is 2.80 bits per heavy atom. The number of benzene rings is 2. The Bertz CT molecular complexity index is 830. The third-order valence-electron chi connectivity index (χ3n) is 3.55. The van der Waals surface area contributed by atoms with E-state index in [1.54, 1.807) is 36.4 Å². The molecule has 0 radical (unpaired) electrons. The van der Waals surface area contributed by atoms with Crippen molar-refractivity contribution in [2.24, 2.45) is 0 Å². The molecule has 2 amide bonds. The normalized spacial score (nSPS) is 12.2. The van der Waals surface area contributed by atoms with Crippen LogP contribution in [-0.4, -0.2) is 25.2 Å². The molecule has 1 aliphatic heterocycles. The first kappa shape index (κ1) is 16.6. The van der Waals surface area contributed by atoms with Gasteiger partial charge < -0.3 is 20.1 Å². The van der Waals surface area contributed by atoms with Crippen LogP contribution in [0.1, 0.15) is 22.8 Å². The zero-order valence-electron chi connectivity index (χ0n) is 13.7. The van der Waals surface area contributed by atoms with Gasteiger partial charge in [-0.2, -0.15) is 0 Å². The van der Waals surface area contributed by atoms with Crippen molar-refractivity contribution in [3.8, 4) is 11.5 Å². The average Bonchev–Trinajstić information content (AvgIpc) is 3.08. The van der Waals surface area contributed by atoms with Crippen molar-refractivity contribution in [1.29, 1.82) is 0 Å². The van der Waals surface area contributed by atoms with Crippen LogP contribution >= 0.6 is 0 Å². The molecule has 0 spiro atoms. The summed E-state index contributed by atoms with van der Waals surface area (Å²) in [4.78, 5) is 23.9. The highest BCUT2D eigenvalue weighted by Gasteiger charge is 2.12. The molecule has 3 rings (SSSR count). The third-order valence-corrected chi connectivity index (χ3v) is 3.55. The number of anilines is 1. The van der Waals surface area contributed by atoms with Crippen molar-refractivity contribution in [3.63, 3.8) is 0 Å². The molecular formula is C19H18N2O4. The van der Waals surface area contributed by atoms with Crippen LogP contribution in [0.4, 0.5) is 5.69 Å². The number of fused-ring (bicyclic) bond motifs is 1. The number of carbonyl (C=O) groups is 2. The molecule has 2 N–H and O–H groups in total. The Morgan fingerprint density at radius 1 is 1.12 bits per heavy atom. The Kier molecular flexibility index (Phi) is 4.99. The van der Waals surface area contributed by atoms with Crippen LogP contribution in [0.2, 0.25) is 0 Å². The van der Waals surface area contributed by atoms with Gasteiger partial charge in [-0.1, -0.05) is 12.1 Å². The zero-order valence-corrected chi connectivity index (χ0v) is 13.7. The van der Waals surface area contributed by atoms with Gasteiger partial charge >= 0.3 is 0 Å². The lowest BCUT2D eigenvalue weighted by atomic mass is 10.1. The summed E-state index contributed by atoms with van der Waals surface area (Å²) in [6.45, 7) is 2.61. The van der Waals surface area contributed by atoms with E-state index in [2.05, 4.69) is 10.6 Å². The largest absolute Gasteiger partial charge is 0.454 e. The van der Waals surface area contributed by atoms with Crippen molar-refractivity contribution in [1.82, 2.24) is 5.32 Å². The van der Waals surface area contributed by atoms with Gasteiger partial charge in [0.25, 0.3) is 5.91 Å². The van der Waals surface area contributed by atoms with Gasteiger partial charge in [-0.25, -0.2) is 0 Å². The third kappa shape index (κ3) is 4.17. The molecular weight excluding hydrogens is 320 g/mol. The van der Waals surface area contributed by atoms with E-state index in [-0.39, 0.29) is 18.6 Å². The highest BCUT2D eigenvalue weighted by Crippen LogP contribution is 2.32. The SMILES string of the molecule is CCNC(=O)c1cccc(NC(=O)C=Cc2ccc3c(c2)OCO3)c1. The van der Waals surface area contributed by atoms with E-state index in [0.717, 1.165) is 5.56 Å². The van der Waals surface area contributed by atoms with Gasteiger partial charge in [0.1, 0.15) is 0 Å². The van der Waals surface area contributed by atoms with Crippen LogP contribution in [0.15, 0.2) is 48.5 Å². The van der Waals surface area contributed by atoms with E-state index >= 15 is 0 Å². The molecule has 0 unspecified atom stereocenters. The molecule has 2 aromatic rings. The van der Waals surface area contributed by atoms with Gasteiger partial charge in [0.05, 0.1) is 0 Å². The standard InChI is InChI=1S/C19H18N2O4/c1-2-20-19(23)14-4-3-5-15(11-14)21-18(22)9-7-13-6-8-16-17(10-13)25-12-24-16/h3-11H,2,12H2,1H3,(H,20,23)(H,21,22). The summed E-state index contributed by atoms with van der Waals surface area (Å²) in [5.41, 5.74) is 1.89. The molecule has 0 aromatic heterocycles. The lowest BCUT2D eigenvalue weighted by Crippen LogP contribution is -2.22. The van der Waals surface area contributed by atoms with Crippen LogP contribution < -0.4 is 20.1 Å². The van der Waals surface area contributed by atoms with E-state index in [9.17, 15) is 9.59 Å². The van der Waals surface area contributed by atoms with Gasteiger partial charge in [-0.3, -0.25) is 9.59 Å². The first-order valence-electron chi connectivity index (χ1n) is 7.92. The van der Waals surface area contributed by atoms with E-state index < -0.39 is 0 Å². The number of rotatable bonds is 5. The van der Waals surface area contributed by atoms with Crippen LogP contribution in [0, 0.1) is 0 Å². The molecule has 0 bridgehead atoms. The minimum atomic E-state index is -0.286. The van der Waals surface area contributed by atoms with E-state index in [0.29, 0.717) is 29.3 Å². The van der Waals surface area contributed by atoms with Gasteiger partial charge in [-0.05, 0) is 48.9 Å². The van der Waals surface area contributed by atoms with Gasteiger partial charge in [0.15, 0.2) is 11.5 Å². The summed E-state index contributed by atoms with van der Waals surface area (Å²) in [5, 5.41) is 5.46. The summed E-state index contributed by atoms with van der Waals surface area (Å²) in [5.74, 6) is 0.904. The van der Waals surface area contributed by atoms with Crippen LogP contribution in [0.5, 0.6) is 11.5 Å². The molecule has 0 aliphatic carbocycles. The number of amides is 2. The summed E-state index contributed by atoms with van der Waals surface area (Å²) >= 11 is 0. The molecule has 1 aliphatic rings. The summed E-state index contributed by atoms with van der Waals surface area (Å²) < 4.78 is 10.6. The van der Waals surface area contributed by atoms with Gasteiger partial charge in [-0.15, -0.1) is 0 Å². The van der Waals surface area contributed by atoms with Gasteiger partial charge in [0, 0.05) is 23.9 Å². The predicted molar refractivity (Wildman–Crippen MR) is 94.7 cm³/mol. The summed E-state index contributed by atoms with van der Waals surface area (Å²) in [6, 6.07) is 12.2. The molecule has 128 valence electrons. The van der Waals surface area contributed by atoms with Crippen molar-refractivity contribution in [2.75, 3.05) is 18.7 Å². The fourth-order valence-electron chi connectivity index (χ4n) is 2.37. The number of ether oxygens (including phenoxy) is 2. The van der Waals surface area contributed by atoms with E-state index in [1.807, 2.05) is 19.1 Å². The van der Waals surface area contributed by atoms with Crippen molar-refractivity contribution in [3.05, 3.63) is 59.7 Å². The average molecular weight is 338 g/mol. The van der Waals surface area contributed by atoms with Gasteiger partial charge in [0.2, 0.25) is 12.7 Å². The first-order chi connectivity index (χ1) is 12.2. The molecule has 1 heterocycles. The fourth-order valence-corrected chi connectivity index (χ4v) is 2.37. The molecule has 0 saturated carbocycles. The molecule has 0 atom stereocenters. The second-order valence-electron chi connectivity index (χ2n) is 5.38. The predicted octanol–water partition coefficient (Wildman–Crippen LogP) is 2.82. The minimum Gasteiger partial charge on any atom is -0.454 e. The van der Waals surface area contributed by atoms with Crippen LogP contribution in [0.3, 0.4) is 0 Å². The van der Waals surface area contributed by atoms with Crippen molar-refractivity contribution < 1.29 is 19.1 Å². The Morgan fingerprint density at radius 2 is 1.96 bits per heavy atom. The molecule has 2 aromatic carbocycles. The number of carbonyl (C=O) groups excluding carboxylic acids is 2. The molecule has 25 heavy (non-hydrogen) atoms. The molecule has 6 heteroatoms. The van der Waals surface area contributed by atoms with Crippen molar-refractivity contribution >= 4 is 23.6 Å². The van der Waals surface area contributed by atoms with Crippen LogP contribution in [0.25, 0.3) is 6.08 Å². The maximum Gasteiger partial charge on any atom is 0.251 e. The minimum absolute atomic E-state index is 0.172. The monoisotopic (exact) mass is 338 g/mol. The Balaban J connectivity index is 1.64. The number of nitrogens with one attached hydrogen (secondary N) is 2. The zero-order chi connectivity index (χ0) is 17.6. The highest BCUT2D eigenvalue weighted by molar-refractivity contribution is 6.03. The summed E-state index contributed by atoms with van der Waals surface area (Å²) in [7, 11) is 0. The lowest BCUT2D eigenvalue weighted by Gasteiger charge is -2.06. The summed E-state index contributed by atoms with van der Waals surface area (Å²) in [6.07, 6.45) is 3.11. The number of hydrogen-bond donors (Lipinski definition) is 2. The van der Waals surface area contributed by atoms with Crippen molar-refractivity contribution in [2.45, 2.75) is 6.92 Å². The lowest BCUT2D eigenvalue weighted by molar-refractivity contribution is -0.111. The smallest absolute Gasteiger partial charge is 0.251 e. The topological polar surface area (TPSA) is 76.7 Å². The Hall–Kier alpha value is -3.28. The Labute approximate surface area is 145 Å².